The monoisotopic (exact) mass is 417 g/mol. The summed E-state index contributed by atoms with van der Waals surface area (Å²) >= 11 is 1.10. The average molecular weight is 417 g/mol. The number of halogens is 1. The Labute approximate surface area is 170 Å². The van der Waals surface area contributed by atoms with Crippen LogP contribution in [0.3, 0.4) is 0 Å². The number of carbonyl (C=O) groups is 3. The van der Waals surface area contributed by atoms with Crippen LogP contribution < -0.4 is 5.32 Å². The number of nitrogens with zero attached hydrogens (tertiary/aromatic N) is 4. The molecule has 1 aliphatic carbocycles. The molecule has 0 radical (unpaired) electrons. The van der Waals surface area contributed by atoms with Gasteiger partial charge in [-0.15, -0.1) is 10.2 Å². The Morgan fingerprint density at radius 2 is 1.97 bits per heavy atom. The molecule has 2 aliphatic rings. The van der Waals surface area contributed by atoms with Crippen molar-refractivity contribution >= 4 is 29.5 Å². The van der Waals surface area contributed by atoms with Gasteiger partial charge >= 0.3 is 0 Å². The van der Waals surface area contributed by atoms with E-state index < -0.39 is 17.3 Å². The molecule has 0 atom stereocenters. The van der Waals surface area contributed by atoms with E-state index in [-0.39, 0.29) is 29.8 Å². The van der Waals surface area contributed by atoms with Crippen LogP contribution in [-0.4, -0.2) is 55.2 Å². The van der Waals surface area contributed by atoms with Crippen molar-refractivity contribution in [2.75, 3.05) is 12.3 Å². The number of imide groups is 1. The van der Waals surface area contributed by atoms with Crippen LogP contribution in [0.15, 0.2) is 35.7 Å². The third-order valence-corrected chi connectivity index (χ3v) is 6.36. The normalized spacial score (nSPS) is 18.7. The van der Waals surface area contributed by atoms with E-state index in [1.807, 2.05) is 0 Å². The Balaban J connectivity index is 1.53. The number of benzene rings is 1. The maximum atomic E-state index is 14.1. The molecule has 1 aliphatic heterocycles. The minimum absolute atomic E-state index is 0.0323. The molecule has 1 N–H and O–H groups in total. The number of thioether (sulfide) groups is 1. The van der Waals surface area contributed by atoms with Gasteiger partial charge in [0.1, 0.15) is 24.2 Å². The van der Waals surface area contributed by atoms with Crippen LogP contribution in [0.5, 0.6) is 0 Å². The maximum Gasteiger partial charge on any atom is 0.252 e. The van der Waals surface area contributed by atoms with Crippen LogP contribution in [0.25, 0.3) is 5.69 Å². The van der Waals surface area contributed by atoms with Crippen LogP contribution in [0.1, 0.15) is 32.1 Å². The molecule has 152 valence electrons. The zero-order valence-corrected chi connectivity index (χ0v) is 16.5. The van der Waals surface area contributed by atoms with Crippen molar-refractivity contribution in [2.24, 2.45) is 0 Å². The van der Waals surface area contributed by atoms with Gasteiger partial charge in [-0.05, 0) is 25.0 Å². The topological polar surface area (TPSA) is 97.2 Å². The van der Waals surface area contributed by atoms with Crippen LogP contribution in [0.4, 0.5) is 4.39 Å². The summed E-state index contributed by atoms with van der Waals surface area (Å²) in [5.74, 6) is -1.64. The molecule has 4 rings (SSSR count). The first-order valence-electron chi connectivity index (χ1n) is 9.44. The first-order valence-corrected chi connectivity index (χ1v) is 10.4. The van der Waals surface area contributed by atoms with Gasteiger partial charge in [0.05, 0.1) is 11.4 Å². The lowest BCUT2D eigenvalue weighted by atomic mass is 9.78. The molecule has 0 unspecified atom stereocenters. The average Bonchev–Trinajstić information content (AvgIpc) is 3.18. The maximum absolute atomic E-state index is 14.1. The molecule has 2 heterocycles. The zero-order valence-electron chi connectivity index (χ0n) is 15.6. The second-order valence-electron chi connectivity index (χ2n) is 7.17. The summed E-state index contributed by atoms with van der Waals surface area (Å²) in [6.45, 7) is -0.134. The molecular weight excluding hydrogens is 397 g/mol. The van der Waals surface area contributed by atoms with Crippen molar-refractivity contribution in [3.05, 3.63) is 36.4 Å². The Morgan fingerprint density at radius 1 is 1.21 bits per heavy atom. The fourth-order valence-electron chi connectivity index (χ4n) is 4.00. The minimum atomic E-state index is -0.955. The molecule has 1 saturated heterocycles. The Kier molecular flexibility index (Phi) is 5.35. The summed E-state index contributed by atoms with van der Waals surface area (Å²) in [5, 5.41) is 10.5. The molecule has 3 amide bonds. The quantitative estimate of drug-likeness (QED) is 0.601. The number of hydrogen-bond acceptors (Lipinski definition) is 6. The van der Waals surface area contributed by atoms with E-state index in [1.54, 1.807) is 18.2 Å². The number of rotatable bonds is 4. The second kappa shape index (κ2) is 7.94. The minimum Gasteiger partial charge on any atom is -0.318 e. The SMILES string of the molecule is O=C1CN(C(=O)CSc2nncn2-c2ccccc2F)C2(CCCCC2)C(=O)N1. The number of nitrogens with one attached hydrogen (secondary N) is 1. The summed E-state index contributed by atoms with van der Waals surface area (Å²) in [6.07, 6.45) is 5.15. The van der Waals surface area contributed by atoms with Gasteiger partial charge in [0.2, 0.25) is 11.8 Å². The molecule has 10 heteroatoms. The van der Waals surface area contributed by atoms with Gasteiger partial charge in [0.15, 0.2) is 5.16 Å². The van der Waals surface area contributed by atoms with E-state index in [2.05, 4.69) is 15.5 Å². The van der Waals surface area contributed by atoms with E-state index in [1.165, 1.54) is 21.9 Å². The first-order chi connectivity index (χ1) is 14.0. The molecule has 1 saturated carbocycles. The lowest BCUT2D eigenvalue weighted by molar-refractivity contribution is -0.158. The van der Waals surface area contributed by atoms with Crippen molar-refractivity contribution < 1.29 is 18.8 Å². The lowest BCUT2D eigenvalue weighted by Crippen LogP contribution is -2.69. The van der Waals surface area contributed by atoms with Gasteiger partial charge in [-0.3, -0.25) is 24.3 Å². The fraction of sp³-hybridized carbons (Fsp3) is 0.421. The van der Waals surface area contributed by atoms with Crippen molar-refractivity contribution in [3.8, 4) is 5.69 Å². The van der Waals surface area contributed by atoms with Crippen LogP contribution in [0, 0.1) is 5.82 Å². The lowest BCUT2D eigenvalue weighted by Gasteiger charge is -2.47. The number of piperazine rings is 1. The van der Waals surface area contributed by atoms with Crippen molar-refractivity contribution in [1.82, 2.24) is 25.0 Å². The number of carbonyl (C=O) groups excluding carboxylic acids is 3. The zero-order chi connectivity index (χ0) is 20.4. The van der Waals surface area contributed by atoms with Gasteiger partial charge in [-0.1, -0.05) is 43.2 Å². The third kappa shape index (κ3) is 3.64. The van der Waals surface area contributed by atoms with Crippen molar-refractivity contribution in [2.45, 2.75) is 42.8 Å². The molecule has 1 aromatic carbocycles. The van der Waals surface area contributed by atoms with Gasteiger partial charge in [0.25, 0.3) is 5.91 Å². The van der Waals surface area contributed by atoms with Gasteiger partial charge in [-0.25, -0.2) is 4.39 Å². The van der Waals surface area contributed by atoms with Crippen LogP contribution >= 0.6 is 11.8 Å². The molecular formula is C19H20FN5O3S. The smallest absolute Gasteiger partial charge is 0.252 e. The van der Waals surface area contributed by atoms with Crippen molar-refractivity contribution in [1.29, 1.82) is 0 Å². The summed E-state index contributed by atoms with van der Waals surface area (Å²) in [5.41, 5.74) is -0.674. The molecule has 1 aromatic heterocycles. The molecule has 0 bridgehead atoms. The summed E-state index contributed by atoms with van der Waals surface area (Å²) in [6, 6.07) is 6.21. The largest absolute Gasteiger partial charge is 0.318 e. The molecule has 29 heavy (non-hydrogen) atoms. The van der Waals surface area contributed by atoms with Gasteiger partial charge in [-0.2, -0.15) is 0 Å². The van der Waals surface area contributed by atoms with Crippen LogP contribution in [0.2, 0.25) is 0 Å². The number of para-hydroxylation sites is 1. The highest BCUT2D eigenvalue weighted by Crippen LogP contribution is 2.36. The van der Waals surface area contributed by atoms with E-state index in [9.17, 15) is 18.8 Å². The highest BCUT2D eigenvalue weighted by Gasteiger charge is 2.50. The predicted octanol–water partition coefficient (Wildman–Crippen LogP) is 1.69. The first kappa shape index (κ1) is 19.6. The Morgan fingerprint density at radius 3 is 2.72 bits per heavy atom. The Hall–Kier alpha value is -2.75. The highest BCUT2D eigenvalue weighted by molar-refractivity contribution is 7.99. The van der Waals surface area contributed by atoms with Crippen LogP contribution in [-0.2, 0) is 14.4 Å². The predicted molar refractivity (Wildman–Crippen MR) is 103 cm³/mol. The van der Waals surface area contributed by atoms with E-state index >= 15 is 0 Å². The standard InChI is InChI=1S/C19H20FN5O3S/c20-13-6-2-3-7-14(13)24-12-21-23-18(24)29-11-16(27)25-10-15(26)22-17(28)19(25)8-4-1-5-9-19/h2-3,6-7,12H,1,4-5,8-11H2,(H,22,26,28). The second-order valence-corrected chi connectivity index (χ2v) is 8.12. The molecule has 2 aromatic rings. The summed E-state index contributed by atoms with van der Waals surface area (Å²) in [4.78, 5) is 39.0. The number of amides is 3. The summed E-state index contributed by atoms with van der Waals surface area (Å²) in [7, 11) is 0. The van der Waals surface area contributed by atoms with Crippen molar-refractivity contribution in [3.63, 3.8) is 0 Å². The fourth-order valence-corrected chi connectivity index (χ4v) is 4.80. The molecule has 1 spiro atoms. The number of aromatic nitrogens is 3. The van der Waals surface area contributed by atoms with Gasteiger partial charge in [0, 0.05) is 0 Å². The Bertz CT molecular complexity index is 957. The number of hydrogen-bond donors (Lipinski definition) is 1. The molecule has 8 nitrogen and oxygen atoms in total. The third-order valence-electron chi connectivity index (χ3n) is 5.43. The molecule has 2 fully saturated rings. The van der Waals surface area contributed by atoms with E-state index in [0.717, 1.165) is 31.0 Å². The highest BCUT2D eigenvalue weighted by atomic mass is 32.2. The van der Waals surface area contributed by atoms with Gasteiger partial charge < -0.3 is 4.90 Å². The van der Waals surface area contributed by atoms with E-state index in [4.69, 9.17) is 0 Å². The summed E-state index contributed by atoms with van der Waals surface area (Å²) < 4.78 is 15.6. The van der Waals surface area contributed by atoms with E-state index in [0.29, 0.717) is 18.0 Å².